The molecule has 1 saturated heterocycles. The van der Waals surface area contributed by atoms with Crippen LogP contribution >= 0.6 is 11.6 Å². The van der Waals surface area contributed by atoms with E-state index in [9.17, 15) is 0 Å². The molecule has 2 aromatic heterocycles. The summed E-state index contributed by atoms with van der Waals surface area (Å²) in [5.74, 6) is 0. The second kappa shape index (κ2) is 6.99. The molecule has 0 bridgehead atoms. The fraction of sp³-hybridized carbons (Fsp3) is 0.261. The van der Waals surface area contributed by atoms with Crippen LogP contribution in [0.15, 0.2) is 61.1 Å². The van der Waals surface area contributed by atoms with Gasteiger partial charge in [-0.05, 0) is 61.2 Å². The van der Waals surface area contributed by atoms with Gasteiger partial charge in [-0.3, -0.25) is 9.88 Å². The zero-order valence-electron chi connectivity index (χ0n) is 15.2. The monoisotopic (exact) mass is 375 g/mol. The molecule has 0 radical (unpaired) electrons. The topological polar surface area (TPSA) is 31.9 Å². The lowest BCUT2D eigenvalue weighted by Crippen LogP contribution is -2.32. The molecule has 3 nitrogen and oxygen atoms in total. The maximum absolute atomic E-state index is 6.27. The van der Waals surface area contributed by atoms with Crippen LogP contribution in [0.4, 0.5) is 0 Å². The molecule has 5 rings (SSSR count). The minimum Gasteiger partial charge on any atom is -0.360 e. The van der Waals surface area contributed by atoms with E-state index in [1.54, 1.807) is 0 Å². The Hall–Kier alpha value is -2.36. The number of H-pyrrole nitrogens is 1. The van der Waals surface area contributed by atoms with Gasteiger partial charge in [-0.2, -0.15) is 0 Å². The fourth-order valence-corrected chi connectivity index (χ4v) is 4.68. The number of pyridine rings is 1. The van der Waals surface area contributed by atoms with Gasteiger partial charge >= 0.3 is 0 Å². The zero-order valence-corrected chi connectivity index (χ0v) is 15.9. The van der Waals surface area contributed by atoms with Gasteiger partial charge in [0.15, 0.2) is 0 Å². The van der Waals surface area contributed by atoms with Crippen LogP contribution in [0.2, 0.25) is 5.02 Å². The molecule has 4 heteroatoms. The molecule has 3 aromatic rings. The molecule has 1 fully saturated rings. The van der Waals surface area contributed by atoms with Crippen molar-refractivity contribution in [3.05, 3.63) is 71.7 Å². The Morgan fingerprint density at radius 3 is 2.81 bits per heavy atom. The summed E-state index contributed by atoms with van der Waals surface area (Å²) in [6, 6.07) is 12.8. The number of hydrogen-bond acceptors (Lipinski definition) is 2. The number of fused-ring (bicyclic) bond motifs is 1. The average Bonchev–Trinajstić information content (AvgIpc) is 3.35. The van der Waals surface area contributed by atoms with Crippen molar-refractivity contribution in [1.29, 1.82) is 0 Å². The number of benzene rings is 1. The van der Waals surface area contributed by atoms with Gasteiger partial charge in [0.25, 0.3) is 0 Å². The van der Waals surface area contributed by atoms with E-state index in [0.29, 0.717) is 6.04 Å². The minimum atomic E-state index is 0.601. The first kappa shape index (κ1) is 16.8. The number of hydrogen-bond donors (Lipinski definition) is 1. The predicted molar refractivity (Wildman–Crippen MR) is 112 cm³/mol. The molecule has 1 atom stereocenters. The minimum absolute atomic E-state index is 0.601. The molecule has 2 aliphatic heterocycles. The Morgan fingerprint density at radius 1 is 1.07 bits per heavy atom. The Kier molecular flexibility index (Phi) is 4.35. The summed E-state index contributed by atoms with van der Waals surface area (Å²) < 4.78 is 0. The quantitative estimate of drug-likeness (QED) is 0.641. The number of aromatic nitrogens is 2. The summed E-state index contributed by atoms with van der Waals surface area (Å²) in [5.41, 5.74) is 7.42. The third-order valence-corrected chi connectivity index (χ3v) is 6.02. The van der Waals surface area contributed by atoms with Crippen molar-refractivity contribution in [3.8, 4) is 22.4 Å². The second-order valence-corrected chi connectivity index (χ2v) is 7.82. The predicted octanol–water partition coefficient (Wildman–Crippen LogP) is 5.65. The summed E-state index contributed by atoms with van der Waals surface area (Å²) in [5, 5.41) is 0.753. The molecular formula is C23H22ClN3. The van der Waals surface area contributed by atoms with Gasteiger partial charge < -0.3 is 4.98 Å². The van der Waals surface area contributed by atoms with Crippen LogP contribution in [0, 0.1) is 0 Å². The van der Waals surface area contributed by atoms with Crippen molar-refractivity contribution in [3.63, 3.8) is 0 Å². The van der Waals surface area contributed by atoms with Crippen molar-refractivity contribution in [2.75, 3.05) is 13.1 Å². The van der Waals surface area contributed by atoms with Crippen LogP contribution in [0.1, 0.15) is 24.8 Å². The summed E-state index contributed by atoms with van der Waals surface area (Å²) >= 11 is 6.27. The molecule has 1 N–H and O–H groups in total. The lowest BCUT2D eigenvalue weighted by atomic mass is 9.90. The fourth-order valence-electron chi connectivity index (χ4n) is 4.49. The van der Waals surface area contributed by atoms with E-state index in [4.69, 9.17) is 11.6 Å². The zero-order chi connectivity index (χ0) is 18.2. The Morgan fingerprint density at radius 2 is 1.96 bits per heavy atom. The first-order chi connectivity index (χ1) is 13.3. The SMILES string of the molecule is Clc1cccc(-c2[nH]cc(C3=CC4CCCN4CC3)c2-c2ccncc2)c1. The van der Waals surface area contributed by atoms with E-state index in [-0.39, 0.29) is 0 Å². The van der Waals surface area contributed by atoms with Crippen LogP contribution in [0.25, 0.3) is 28.0 Å². The van der Waals surface area contributed by atoms with Gasteiger partial charge in [-0.1, -0.05) is 29.8 Å². The summed E-state index contributed by atoms with van der Waals surface area (Å²) in [7, 11) is 0. The van der Waals surface area contributed by atoms with E-state index in [1.165, 1.54) is 41.6 Å². The molecule has 0 spiro atoms. The van der Waals surface area contributed by atoms with Crippen molar-refractivity contribution >= 4 is 17.2 Å². The van der Waals surface area contributed by atoms with Crippen LogP contribution < -0.4 is 0 Å². The molecule has 2 aliphatic rings. The van der Waals surface area contributed by atoms with E-state index in [0.717, 1.165) is 29.2 Å². The van der Waals surface area contributed by atoms with Crippen molar-refractivity contribution in [2.24, 2.45) is 0 Å². The standard InChI is InChI=1S/C23H22ClN3/c24-19-4-1-3-18(13-19)23-22(16-6-9-25-10-7-16)21(15-26-23)17-8-12-27-11-2-5-20(27)14-17/h1,3-4,6-7,9-10,13-15,20,26H,2,5,8,11-12H2. The summed E-state index contributed by atoms with van der Waals surface area (Å²) in [6.45, 7) is 2.40. The van der Waals surface area contributed by atoms with Crippen LogP contribution in [-0.4, -0.2) is 34.0 Å². The summed E-state index contributed by atoms with van der Waals surface area (Å²) in [6.07, 6.45) is 12.1. The molecule has 1 aromatic carbocycles. The van der Waals surface area contributed by atoms with Gasteiger partial charge in [0.1, 0.15) is 0 Å². The van der Waals surface area contributed by atoms with Crippen molar-refractivity contribution in [2.45, 2.75) is 25.3 Å². The maximum Gasteiger partial charge on any atom is 0.0540 e. The molecule has 4 heterocycles. The molecule has 0 amide bonds. The first-order valence-corrected chi connectivity index (χ1v) is 10.0. The van der Waals surface area contributed by atoms with Gasteiger partial charge in [-0.15, -0.1) is 0 Å². The van der Waals surface area contributed by atoms with E-state index < -0.39 is 0 Å². The molecular weight excluding hydrogens is 354 g/mol. The Balaban J connectivity index is 1.66. The largest absolute Gasteiger partial charge is 0.360 e. The normalized spacial score (nSPS) is 19.7. The number of rotatable bonds is 3. The van der Waals surface area contributed by atoms with Gasteiger partial charge in [-0.25, -0.2) is 0 Å². The van der Waals surface area contributed by atoms with Gasteiger partial charge in [0.05, 0.1) is 5.69 Å². The smallest absolute Gasteiger partial charge is 0.0540 e. The van der Waals surface area contributed by atoms with Crippen LogP contribution in [-0.2, 0) is 0 Å². The van der Waals surface area contributed by atoms with E-state index in [2.05, 4.69) is 45.3 Å². The van der Waals surface area contributed by atoms with Crippen LogP contribution in [0.5, 0.6) is 0 Å². The third kappa shape index (κ3) is 3.11. The molecule has 27 heavy (non-hydrogen) atoms. The van der Waals surface area contributed by atoms with E-state index >= 15 is 0 Å². The molecule has 0 saturated carbocycles. The number of halogens is 1. The lowest BCUT2D eigenvalue weighted by molar-refractivity contribution is 0.288. The Bertz CT molecular complexity index is 990. The van der Waals surface area contributed by atoms with Gasteiger partial charge in [0.2, 0.25) is 0 Å². The average molecular weight is 376 g/mol. The maximum atomic E-state index is 6.27. The van der Waals surface area contributed by atoms with Gasteiger partial charge in [0, 0.05) is 52.9 Å². The molecule has 136 valence electrons. The number of aromatic amines is 1. The highest BCUT2D eigenvalue weighted by atomic mass is 35.5. The molecule has 1 unspecified atom stereocenters. The van der Waals surface area contributed by atoms with Crippen molar-refractivity contribution in [1.82, 2.24) is 14.9 Å². The van der Waals surface area contributed by atoms with Crippen LogP contribution in [0.3, 0.4) is 0 Å². The summed E-state index contributed by atoms with van der Waals surface area (Å²) in [4.78, 5) is 10.4. The molecule has 0 aliphatic carbocycles. The number of nitrogens with zero attached hydrogens (tertiary/aromatic N) is 2. The lowest BCUT2D eigenvalue weighted by Gasteiger charge is -2.28. The van der Waals surface area contributed by atoms with E-state index in [1.807, 2.05) is 30.6 Å². The first-order valence-electron chi connectivity index (χ1n) is 9.62. The van der Waals surface area contributed by atoms with Crippen molar-refractivity contribution < 1.29 is 0 Å². The third-order valence-electron chi connectivity index (χ3n) is 5.78. The highest BCUT2D eigenvalue weighted by Crippen LogP contribution is 2.41. The Labute approximate surface area is 164 Å². The number of nitrogens with one attached hydrogen (secondary N) is 1. The highest BCUT2D eigenvalue weighted by Gasteiger charge is 2.28. The second-order valence-electron chi connectivity index (χ2n) is 7.39. The highest BCUT2D eigenvalue weighted by molar-refractivity contribution is 6.30.